The summed E-state index contributed by atoms with van der Waals surface area (Å²) in [6.45, 7) is 8.81. The highest BCUT2D eigenvalue weighted by atomic mass is 15.4. The zero-order valence-corrected chi connectivity index (χ0v) is 12.6. The number of hydrogen-bond donors (Lipinski definition) is 1. The first-order valence-electron chi connectivity index (χ1n) is 7.14. The summed E-state index contributed by atoms with van der Waals surface area (Å²) in [5.74, 6) is 1.24. The molecular formula is C14H25N5. The maximum absolute atomic E-state index is 6.12. The molecule has 0 saturated carbocycles. The van der Waals surface area contributed by atoms with Gasteiger partial charge in [-0.2, -0.15) is 5.10 Å². The van der Waals surface area contributed by atoms with Crippen LogP contribution < -0.4 is 5.73 Å². The number of hydrogen-bond acceptors (Lipinski definition) is 3. The first-order chi connectivity index (χ1) is 8.95. The summed E-state index contributed by atoms with van der Waals surface area (Å²) < 4.78 is 4.04. The Bertz CT molecular complexity index is 564. The molecule has 1 unspecified atom stereocenters. The fraction of sp³-hybridized carbons (Fsp3) is 0.714. The van der Waals surface area contributed by atoms with Gasteiger partial charge in [0.2, 0.25) is 5.95 Å². The van der Waals surface area contributed by atoms with Crippen molar-refractivity contribution in [1.29, 1.82) is 0 Å². The molecule has 2 aromatic rings. The molecule has 2 rings (SSSR count). The summed E-state index contributed by atoms with van der Waals surface area (Å²) in [6.07, 6.45) is 3.11. The average molecular weight is 263 g/mol. The third kappa shape index (κ3) is 2.46. The molecule has 1 atom stereocenters. The molecule has 2 aromatic heterocycles. The number of nitrogen functional groups attached to an aromatic ring is 1. The van der Waals surface area contributed by atoms with Gasteiger partial charge in [-0.1, -0.05) is 27.2 Å². The van der Waals surface area contributed by atoms with Gasteiger partial charge < -0.3 is 5.73 Å². The third-order valence-electron chi connectivity index (χ3n) is 3.50. The molecule has 2 N–H and O–H groups in total. The topological polar surface area (TPSA) is 61.7 Å². The monoisotopic (exact) mass is 263 g/mol. The van der Waals surface area contributed by atoms with Crippen molar-refractivity contribution >= 4 is 17.1 Å². The lowest BCUT2D eigenvalue weighted by Gasteiger charge is -2.17. The standard InChI is InChI=1S/C14H25N5/c1-6-7-11-12-13(18(5)17-11)19(14(15)16-12)10(4)8-9(2)3/h9-10H,6-8H2,1-5H3,(H2,15,16). The molecule has 0 spiro atoms. The quantitative estimate of drug-likeness (QED) is 0.902. The van der Waals surface area contributed by atoms with Crippen LogP contribution in [0.4, 0.5) is 5.95 Å². The number of anilines is 1. The van der Waals surface area contributed by atoms with Crippen molar-refractivity contribution in [3.05, 3.63) is 5.69 Å². The lowest BCUT2D eigenvalue weighted by molar-refractivity contribution is 0.434. The van der Waals surface area contributed by atoms with Gasteiger partial charge in [0.1, 0.15) is 5.52 Å². The van der Waals surface area contributed by atoms with Crippen LogP contribution in [-0.4, -0.2) is 19.3 Å². The van der Waals surface area contributed by atoms with Crippen molar-refractivity contribution < 1.29 is 0 Å². The minimum atomic E-state index is 0.342. The van der Waals surface area contributed by atoms with E-state index in [-0.39, 0.29) is 0 Å². The van der Waals surface area contributed by atoms with E-state index < -0.39 is 0 Å². The van der Waals surface area contributed by atoms with Gasteiger partial charge in [-0.15, -0.1) is 0 Å². The van der Waals surface area contributed by atoms with Crippen LogP contribution in [0.15, 0.2) is 0 Å². The Hall–Kier alpha value is -1.52. The Morgan fingerprint density at radius 1 is 1.26 bits per heavy atom. The predicted molar refractivity (Wildman–Crippen MR) is 79.1 cm³/mol. The molecule has 0 fully saturated rings. The summed E-state index contributed by atoms with van der Waals surface area (Å²) in [4.78, 5) is 4.54. The van der Waals surface area contributed by atoms with E-state index in [4.69, 9.17) is 5.73 Å². The molecule has 0 aliphatic heterocycles. The lowest BCUT2D eigenvalue weighted by Crippen LogP contribution is -2.13. The van der Waals surface area contributed by atoms with E-state index in [1.165, 1.54) is 0 Å². The van der Waals surface area contributed by atoms with E-state index in [0.717, 1.165) is 36.1 Å². The molecule has 2 heterocycles. The molecule has 19 heavy (non-hydrogen) atoms. The second-order valence-corrected chi connectivity index (χ2v) is 5.81. The van der Waals surface area contributed by atoms with Crippen LogP contribution in [0.1, 0.15) is 52.3 Å². The Balaban J connectivity index is 2.52. The maximum atomic E-state index is 6.12. The Kier molecular flexibility index (Phi) is 3.83. The zero-order chi connectivity index (χ0) is 14.2. The third-order valence-corrected chi connectivity index (χ3v) is 3.50. The van der Waals surface area contributed by atoms with E-state index in [1.807, 2.05) is 11.7 Å². The molecule has 0 bridgehead atoms. The molecule has 5 heteroatoms. The van der Waals surface area contributed by atoms with Gasteiger partial charge in [-0.05, 0) is 25.7 Å². The Morgan fingerprint density at radius 2 is 1.95 bits per heavy atom. The van der Waals surface area contributed by atoms with E-state index in [0.29, 0.717) is 17.9 Å². The first kappa shape index (κ1) is 13.9. The number of nitrogens with two attached hydrogens (primary N) is 1. The van der Waals surface area contributed by atoms with Crippen LogP contribution in [0, 0.1) is 5.92 Å². The van der Waals surface area contributed by atoms with Crippen molar-refractivity contribution in [3.63, 3.8) is 0 Å². The summed E-state index contributed by atoms with van der Waals surface area (Å²) in [5, 5.41) is 4.58. The average Bonchev–Trinajstić information content (AvgIpc) is 2.77. The van der Waals surface area contributed by atoms with Crippen LogP contribution in [0.25, 0.3) is 11.2 Å². The minimum Gasteiger partial charge on any atom is -0.369 e. The van der Waals surface area contributed by atoms with Crippen LogP contribution in [0.3, 0.4) is 0 Å². The number of imidazole rings is 1. The molecule has 0 saturated heterocycles. The molecule has 0 aromatic carbocycles. The van der Waals surface area contributed by atoms with E-state index in [2.05, 4.69) is 42.3 Å². The highest BCUT2D eigenvalue weighted by Gasteiger charge is 2.21. The van der Waals surface area contributed by atoms with Gasteiger partial charge >= 0.3 is 0 Å². The molecule has 0 aliphatic carbocycles. The molecule has 5 nitrogen and oxygen atoms in total. The van der Waals surface area contributed by atoms with Gasteiger partial charge in [0.25, 0.3) is 0 Å². The van der Waals surface area contributed by atoms with E-state index in [9.17, 15) is 0 Å². The molecule has 0 aliphatic rings. The lowest BCUT2D eigenvalue weighted by atomic mass is 10.1. The largest absolute Gasteiger partial charge is 0.369 e. The van der Waals surface area contributed by atoms with Gasteiger partial charge in [0.15, 0.2) is 5.65 Å². The maximum Gasteiger partial charge on any atom is 0.202 e. The second kappa shape index (κ2) is 5.23. The number of aromatic nitrogens is 4. The summed E-state index contributed by atoms with van der Waals surface area (Å²) in [7, 11) is 1.97. The van der Waals surface area contributed by atoms with E-state index in [1.54, 1.807) is 0 Å². The fourth-order valence-corrected chi connectivity index (χ4v) is 2.85. The van der Waals surface area contributed by atoms with Gasteiger partial charge in [-0.3, -0.25) is 9.25 Å². The van der Waals surface area contributed by atoms with E-state index >= 15 is 0 Å². The predicted octanol–water partition coefficient (Wildman–Crippen LogP) is 2.91. The highest BCUT2D eigenvalue weighted by Crippen LogP contribution is 2.28. The van der Waals surface area contributed by atoms with Gasteiger partial charge in [-0.25, -0.2) is 4.98 Å². The normalized spacial score (nSPS) is 13.6. The van der Waals surface area contributed by atoms with Crippen LogP contribution in [-0.2, 0) is 13.5 Å². The SMILES string of the molecule is CCCc1nn(C)c2c1nc(N)n2C(C)CC(C)C. The molecule has 106 valence electrons. The van der Waals surface area contributed by atoms with Crippen LogP contribution in [0.5, 0.6) is 0 Å². The van der Waals surface area contributed by atoms with Crippen molar-refractivity contribution in [1.82, 2.24) is 19.3 Å². The number of rotatable bonds is 5. The van der Waals surface area contributed by atoms with Crippen molar-refractivity contribution in [2.45, 2.75) is 53.0 Å². The number of fused-ring (bicyclic) bond motifs is 1. The number of nitrogens with zero attached hydrogens (tertiary/aromatic N) is 4. The van der Waals surface area contributed by atoms with Crippen molar-refractivity contribution in [2.75, 3.05) is 5.73 Å². The highest BCUT2D eigenvalue weighted by molar-refractivity contribution is 5.78. The Morgan fingerprint density at radius 3 is 2.53 bits per heavy atom. The van der Waals surface area contributed by atoms with Crippen molar-refractivity contribution in [3.8, 4) is 0 Å². The second-order valence-electron chi connectivity index (χ2n) is 5.81. The first-order valence-corrected chi connectivity index (χ1v) is 7.14. The molecule has 0 radical (unpaired) electrons. The zero-order valence-electron chi connectivity index (χ0n) is 12.6. The molecule has 0 amide bonds. The summed E-state index contributed by atoms with van der Waals surface area (Å²) in [5.41, 5.74) is 9.20. The molecular weight excluding hydrogens is 238 g/mol. The fourth-order valence-electron chi connectivity index (χ4n) is 2.85. The van der Waals surface area contributed by atoms with Gasteiger partial charge in [0, 0.05) is 13.1 Å². The van der Waals surface area contributed by atoms with Crippen molar-refractivity contribution in [2.24, 2.45) is 13.0 Å². The summed E-state index contributed by atoms with van der Waals surface area (Å²) in [6, 6.07) is 0.342. The van der Waals surface area contributed by atoms with Crippen LogP contribution >= 0.6 is 0 Å². The van der Waals surface area contributed by atoms with Crippen LogP contribution in [0.2, 0.25) is 0 Å². The number of aryl methyl sites for hydroxylation is 2. The Labute approximate surface area is 114 Å². The smallest absolute Gasteiger partial charge is 0.202 e. The minimum absolute atomic E-state index is 0.342. The van der Waals surface area contributed by atoms with Gasteiger partial charge in [0.05, 0.1) is 5.69 Å². The summed E-state index contributed by atoms with van der Waals surface area (Å²) >= 11 is 0.